The summed E-state index contributed by atoms with van der Waals surface area (Å²) in [7, 11) is 0. The maximum absolute atomic E-state index is 11.1. The third-order valence-electron chi connectivity index (χ3n) is 3.06. The second-order valence-corrected chi connectivity index (χ2v) is 4.54. The summed E-state index contributed by atoms with van der Waals surface area (Å²) in [5.41, 5.74) is -0.338. The van der Waals surface area contributed by atoms with Crippen molar-refractivity contribution < 1.29 is 14.3 Å². The fourth-order valence-corrected chi connectivity index (χ4v) is 2.31. The molecule has 0 atom stereocenters. The molecule has 0 aromatic heterocycles. The van der Waals surface area contributed by atoms with Crippen molar-refractivity contribution in [1.29, 1.82) is 0 Å². The fourth-order valence-electron chi connectivity index (χ4n) is 2.31. The molecule has 0 N–H and O–H groups in total. The summed E-state index contributed by atoms with van der Waals surface area (Å²) >= 11 is 0. The molecule has 0 heterocycles. The molecule has 1 aliphatic rings. The number of ketones is 1. The molecule has 15 heavy (non-hydrogen) atoms. The Kier molecular flexibility index (Phi) is 4.30. The zero-order valence-corrected chi connectivity index (χ0v) is 9.67. The summed E-state index contributed by atoms with van der Waals surface area (Å²) in [5.74, 6) is -0.0486. The van der Waals surface area contributed by atoms with Crippen LogP contribution in [0.15, 0.2) is 0 Å². The molecule has 0 bridgehead atoms. The molecule has 1 saturated carbocycles. The number of Topliss-reactive ketones (excluding diaryl/α,β-unsaturated/α-hetero) is 1. The van der Waals surface area contributed by atoms with E-state index in [0.717, 1.165) is 25.7 Å². The van der Waals surface area contributed by atoms with E-state index in [0.29, 0.717) is 12.8 Å². The van der Waals surface area contributed by atoms with Gasteiger partial charge in [0, 0.05) is 13.3 Å². The van der Waals surface area contributed by atoms with Crippen molar-refractivity contribution in [3.63, 3.8) is 0 Å². The Balaban J connectivity index is 2.57. The number of hydrogen-bond acceptors (Lipinski definition) is 3. The molecule has 1 aliphatic carbocycles. The third-order valence-corrected chi connectivity index (χ3v) is 3.06. The van der Waals surface area contributed by atoms with Gasteiger partial charge in [-0.25, -0.2) is 0 Å². The highest BCUT2D eigenvalue weighted by atomic mass is 16.6. The Bertz CT molecular complexity index is 239. The van der Waals surface area contributed by atoms with Gasteiger partial charge in [0.15, 0.2) is 0 Å². The molecule has 0 aromatic carbocycles. The Labute approximate surface area is 91.2 Å². The van der Waals surface area contributed by atoms with Gasteiger partial charge < -0.3 is 9.53 Å². The minimum absolute atomic E-state index is 0.173. The van der Waals surface area contributed by atoms with E-state index in [1.165, 1.54) is 13.3 Å². The van der Waals surface area contributed by atoms with E-state index >= 15 is 0 Å². The predicted octanol–water partition coefficient (Wildman–Crippen LogP) is 2.62. The van der Waals surface area contributed by atoms with Gasteiger partial charge in [-0.3, -0.25) is 4.79 Å². The van der Waals surface area contributed by atoms with Gasteiger partial charge in [-0.2, -0.15) is 0 Å². The molecule has 1 rings (SSSR count). The number of esters is 1. The van der Waals surface area contributed by atoms with Crippen molar-refractivity contribution in [3.05, 3.63) is 0 Å². The summed E-state index contributed by atoms with van der Waals surface area (Å²) < 4.78 is 5.44. The maximum Gasteiger partial charge on any atom is 0.303 e. The molecule has 1 fully saturated rings. The molecule has 0 aromatic rings. The smallest absolute Gasteiger partial charge is 0.303 e. The standard InChI is InChI=1S/C12H20O3/c1-10(13)6-9-12(15-11(2)14)7-4-3-5-8-12/h3-9H2,1-2H3. The Morgan fingerprint density at radius 2 is 1.73 bits per heavy atom. The maximum atomic E-state index is 11.1. The second-order valence-electron chi connectivity index (χ2n) is 4.54. The monoisotopic (exact) mass is 212 g/mol. The second kappa shape index (κ2) is 5.29. The van der Waals surface area contributed by atoms with Crippen LogP contribution in [0.1, 0.15) is 58.8 Å². The van der Waals surface area contributed by atoms with E-state index < -0.39 is 0 Å². The highest BCUT2D eigenvalue weighted by Gasteiger charge is 2.34. The van der Waals surface area contributed by atoms with Crippen molar-refractivity contribution in [2.24, 2.45) is 0 Å². The fraction of sp³-hybridized carbons (Fsp3) is 0.833. The first kappa shape index (κ1) is 12.2. The number of carbonyl (C=O) groups excluding carboxylic acids is 2. The first-order valence-electron chi connectivity index (χ1n) is 5.73. The number of rotatable bonds is 4. The molecular weight excluding hydrogens is 192 g/mol. The summed E-state index contributed by atoms with van der Waals surface area (Å²) in [6.45, 7) is 3.04. The summed E-state index contributed by atoms with van der Waals surface area (Å²) in [6, 6.07) is 0. The SMILES string of the molecule is CC(=O)CCC1(OC(C)=O)CCCCC1. The van der Waals surface area contributed by atoms with Crippen LogP contribution in [0.4, 0.5) is 0 Å². The van der Waals surface area contributed by atoms with Gasteiger partial charge in [0.1, 0.15) is 11.4 Å². The molecular formula is C12H20O3. The summed E-state index contributed by atoms with van der Waals surface area (Å²) in [6.07, 6.45) is 6.47. The Morgan fingerprint density at radius 3 is 2.20 bits per heavy atom. The van der Waals surface area contributed by atoms with E-state index in [1.54, 1.807) is 6.92 Å². The van der Waals surface area contributed by atoms with E-state index in [-0.39, 0.29) is 17.4 Å². The number of carbonyl (C=O) groups is 2. The van der Waals surface area contributed by atoms with Crippen LogP contribution in [0, 0.1) is 0 Å². The first-order chi connectivity index (χ1) is 7.04. The number of hydrogen-bond donors (Lipinski definition) is 0. The van der Waals surface area contributed by atoms with Crippen molar-refractivity contribution >= 4 is 11.8 Å². The zero-order chi connectivity index (χ0) is 11.3. The molecule has 0 saturated heterocycles. The minimum atomic E-state index is -0.338. The molecule has 86 valence electrons. The third kappa shape index (κ3) is 4.02. The normalized spacial score (nSPS) is 19.6. The quantitative estimate of drug-likeness (QED) is 0.673. The molecule has 0 amide bonds. The van der Waals surface area contributed by atoms with Gasteiger partial charge in [0.2, 0.25) is 0 Å². The van der Waals surface area contributed by atoms with E-state index in [2.05, 4.69) is 0 Å². The largest absolute Gasteiger partial charge is 0.459 e. The van der Waals surface area contributed by atoms with Crippen LogP contribution >= 0.6 is 0 Å². The van der Waals surface area contributed by atoms with Crippen molar-refractivity contribution in [2.45, 2.75) is 64.4 Å². The van der Waals surface area contributed by atoms with Crippen LogP contribution in [0.2, 0.25) is 0 Å². The average molecular weight is 212 g/mol. The zero-order valence-electron chi connectivity index (χ0n) is 9.67. The van der Waals surface area contributed by atoms with Crippen molar-refractivity contribution in [1.82, 2.24) is 0 Å². The lowest BCUT2D eigenvalue weighted by atomic mass is 9.81. The highest BCUT2D eigenvalue weighted by Crippen LogP contribution is 2.35. The van der Waals surface area contributed by atoms with Crippen LogP contribution in [0.5, 0.6) is 0 Å². The van der Waals surface area contributed by atoms with Gasteiger partial charge >= 0.3 is 5.97 Å². The molecule has 0 unspecified atom stereocenters. The van der Waals surface area contributed by atoms with Crippen LogP contribution in [0.3, 0.4) is 0 Å². The molecule has 0 radical (unpaired) electrons. The molecule has 3 nitrogen and oxygen atoms in total. The highest BCUT2D eigenvalue weighted by molar-refractivity contribution is 5.75. The van der Waals surface area contributed by atoms with Gasteiger partial charge in [0.05, 0.1) is 0 Å². The Morgan fingerprint density at radius 1 is 1.13 bits per heavy atom. The van der Waals surface area contributed by atoms with Crippen molar-refractivity contribution in [2.75, 3.05) is 0 Å². The lowest BCUT2D eigenvalue weighted by molar-refractivity contribution is -0.162. The lowest BCUT2D eigenvalue weighted by Gasteiger charge is -2.36. The molecule has 0 spiro atoms. The van der Waals surface area contributed by atoms with E-state index in [9.17, 15) is 9.59 Å². The van der Waals surface area contributed by atoms with Gasteiger partial charge in [-0.15, -0.1) is 0 Å². The summed E-state index contributed by atoms with van der Waals surface area (Å²) in [4.78, 5) is 22.0. The molecule has 0 aliphatic heterocycles. The lowest BCUT2D eigenvalue weighted by Crippen LogP contribution is -2.37. The van der Waals surface area contributed by atoms with Crippen LogP contribution < -0.4 is 0 Å². The van der Waals surface area contributed by atoms with Gasteiger partial charge in [-0.05, 0) is 39.0 Å². The van der Waals surface area contributed by atoms with Crippen LogP contribution in [0.25, 0.3) is 0 Å². The summed E-state index contributed by atoms with van der Waals surface area (Å²) in [5, 5.41) is 0. The Hall–Kier alpha value is -0.860. The molecule has 3 heteroatoms. The van der Waals surface area contributed by atoms with E-state index in [4.69, 9.17) is 4.74 Å². The van der Waals surface area contributed by atoms with Gasteiger partial charge in [-0.1, -0.05) is 6.42 Å². The van der Waals surface area contributed by atoms with Crippen LogP contribution in [-0.2, 0) is 14.3 Å². The topological polar surface area (TPSA) is 43.4 Å². The van der Waals surface area contributed by atoms with E-state index in [1.807, 2.05) is 0 Å². The average Bonchev–Trinajstić information content (AvgIpc) is 2.15. The van der Waals surface area contributed by atoms with Gasteiger partial charge in [0.25, 0.3) is 0 Å². The minimum Gasteiger partial charge on any atom is -0.459 e. The predicted molar refractivity (Wildman–Crippen MR) is 57.5 cm³/mol. The number of ether oxygens (including phenoxy) is 1. The van der Waals surface area contributed by atoms with Crippen molar-refractivity contribution in [3.8, 4) is 0 Å². The first-order valence-corrected chi connectivity index (χ1v) is 5.73. The van der Waals surface area contributed by atoms with Crippen LogP contribution in [-0.4, -0.2) is 17.4 Å².